The molecule has 0 spiro atoms. The number of hydrogen-bond donors (Lipinski definition) is 0. The lowest BCUT2D eigenvalue weighted by Crippen LogP contribution is -2.44. The second-order valence-electron chi connectivity index (χ2n) is 11.2. The molecule has 1 heterocycles. The predicted molar refractivity (Wildman–Crippen MR) is 124 cm³/mol. The fourth-order valence-corrected chi connectivity index (χ4v) is 7.46. The summed E-state index contributed by atoms with van der Waals surface area (Å²) in [6.07, 6.45) is 17.7. The Balaban J connectivity index is 1.16. The normalized spacial score (nSPS) is 45.0. The van der Waals surface area contributed by atoms with Gasteiger partial charge in [-0.25, -0.2) is 0 Å². The zero-order chi connectivity index (χ0) is 21.6. The van der Waals surface area contributed by atoms with E-state index in [1.165, 1.54) is 77.0 Å². The first-order valence-electron chi connectivity index (χ1n) is 13.9. The van der Waals surface area contributed by atoms with Crippen LogP contribution in [0.5, 0.6) is 0 Å². The van der Waals surface area contributed by atoms with E-state index in [2.05, 4.69) is 0 Å². The summed E-state index contributed by atoms with van der Waals surface area (Å²) in [6.45, 7) is 4.19. The monoisotopic (exact) mass is 450 g/mol. The zero-order valence-corrected chi connectivity index (χ0v) is 20.1. The van der Waals surface area contributed by atoms with Crippen molar-refractivity contribution in [3.63, 3.8) is 0 Å². The minimum absolute atomic E-state index is 0.231. The summed E-state index contributed by atoms with van der Waals surface area (Å²) in [6, 6.07) is 0. The number of rotatable bonds is 0. The standard InChI is InChI=1S/C27H46O5/c1-3-8-22-18-26-24(16-20(22)6-1)29-10-5-11-30-25-17-21-7-2-4-9-23(21)19-27(25)32-15-13-28-12-14-31-26/h20-27H,1-19H2/t20-,21+,22+,23-,24+,25-,26-,27+. The van der Waals surface area contributed by atoms with E-state index >= 15 is 0 Å². The Morgan fingerprint density at radius 1 is 0.344 bits per heavy atom. The van der Waals surface area contributed by atoms with Crippen LogP contribution < -0.4 is 0 Å². The van der Waals surface area contributed by atoms with Crippen LogP contribution in [0.25, 0.3) is 0 Å². The molecule has 4 saturated carbocycles. The molecule has 0 radical (unpaired) electrons. The van der Waals surface area contributed by atoms with Gasteiger partial charge in [-0.1, -0.05) is 51.4 Å². The van der Waals surface area contributed by atoms with Crippen LogP contribution in [-0.4, -0.2) is 64.1 Å². The van der Waals surface area contributed by atoms with Gasteiger partial charge < -0.3 is 23.7 Å². The number of hydrogen-bond acceptors (Lipinski definition) is 5. The molecule has 32 heavy (non-hydrogen) atoms. The maximum Gasteiger partial charge on any atom is 0.0840 e. The number of ether oxygens (including phenoxy) is 5. The molecule has 0 aromatic heterocycles. The molecule has 0 unspecified atom stereocenters. The predicted octanol–water partition coefficient (Wildman–Crippen LogP) is 5.15. The van der Waals surface area contributed by atoms with Gasteiger partial charge in [0.15, 0.2) is 0 Å². The summed E-state index contributed by atoms with van der Waals surface area (Å²) in [5, 5.41) is 0. The first-order valence-corrected chi connectivity index (χ1v) is 13.9. The van der Waals surface area contributed by atoms with E-state index in [0.717, 1.165) is 43.3 Å². The third-order valence-corrected chi connectivity index (χ3v) is 9.17. The van der Waals surface area contributed by atoms with Crippen LogP contribution in [0.3, 0.4) is 0 Å². The van der Waals surface area contributed by atoms with Crippen LogP contribution in [0.2, 0.25) is 0 Å². The molecule has 8 atom stereocenters. The minimum Gasteiger partial charge on any atom is -0.377 e. The Labute approximate surface area is 195 Å². The van der Waals surface area contributed by atoms with Gasteiger partial charge in [-0.05, 0) is 55.8 Å². The molecule has 5 rings (SSSR count). The summed E-state index contributed by atoms with van der Waals surface area (Å²) in [4.78, 5) is 0. The van der Waals surface area contributed by atoms with Gasteiger partial charge in [0.05, 0.1) is 50.8 Å². The molecule has 5 heteroatoms. The van der Waals surface area contributed by atoms with E-state index < -0.39 is 0 Å². The van der Waals surface area contributed by atoms with E-state index in [4.69, 9.17) is 23.7 Å². The van der Waals surface area contributed by atoms with Crippen LogP contribution in [0, 0.1) is 23.7 Å². The SMILES string of the molecule is C1CO[C@H]2C[C@H]3CCCC[C@H]3C[C@H]2OCCOCCO[C@H]2C[C@H]3CCCC[C@H]3C[C@H]2OC1. The Kier molecular flexibility index (Phi) is 8.81. The molecule has 0 aromatic carbocycles. The van der Waals surface area contributed by atoms with E-state index in [0.29, 0.717) is 26.4 Å². The van der Waals surface area contributed by atoms with Crippen molar-refractivity contribution in [2.24, 2.45) is 23.7 Å². The molecule has 0 aromatic rings. The highest BCUT2D eigenvalue weighted by Crippen LogP contribution is 2.43. The first-order chi connectivity index (χ1) is 15.9. The average molecular weight is 451 g/mol. The van der Waals surface area contributed by atoms with Crippen molar-refractivity contribution in [1.82, 2.24) is 0 Å². The zero-order valence-electron chi connectivity index (χ0n) is 20.1. The summed E-state index contributed by atoms with van der Waals surface area (Å²) in [5.74, 6) is 3.36. The van der Waals surface area contributed by atoms with Gasteiger partial charge in [-0.2, -0.15) is 0 Å². The lowest BCUT2D eigenvalue weighted by molar-refractivity contribution is -0.148. The van der Waals surface area contributed by atoms with Crippen molar-refractivity contribution >= 4 is 0 Å². The van der Waals surface area contributed by atoms with E-state index in [-0.39, 0.29) is 24.4 Å². The highest BCUT2D eigenvalue weighted by Gasteiger charge is 2.40. The quantitative estimate of drug-likeness (QED) is 0.511. The van der Waals surface area contributed by atoms with Crippen LogP contribution in [-0.2, 0) is 23.7 Å². The largest absolute Gasteiger partial charge is 0.377 e. The van der Waals surface area contributed by atoms with Gasteiger partial charge >= 0.3 is 0 Å². The van der Waals surface area contributed by atoms with Gasteiger partial charge in [-0.3, -0.25) is 0 Å². The van der Waals surface area contributed by atoms with Crippen LogP contribution in [0.1, 0.15) is 83.5 Å². The summed E-state index contributed by atoms with van der Waals surface area (Å²) in [5.41, 5.74) is 0. The topological polar surface area (TPSA) is 46.2 Å². The average Bonchev–Trinajstić information content (AvgIpc) is 2.82. The fourth-order valence-electron chi connectivity index (χ4n) is 7.46. The Morgan fingerprint density at radius 2 is 0.688 bits per heavy atom. The third kappa shape index (κ3) is 6.07. The molecular formula is C27H46O5. The Bertz CT molecular complexity index is 510. The maximum absolute atomic E-state index is 6.44. The second-order valence-corrected chi connectivity index (χ2v) is 11.2. The molecule has 1 aliphatic heterocycles. The Hall–Kier alpha value is -0.200. The smallest absolute Gasteiger partial charge is 0.0840 e. The first kappa shape index (κ1) is 23.5. The molecule has 5 aliphatic rings. The minimum atomic E-state index is 0.231. The lowest BCUT2D eigenvalue weighted by atomic mass is 9.69. The van der Waals surface area contributed by atoms with Crippen molar-refractivity contribution in [2.75, 3.05) is 39.6 Å². The molecule has 4 aliphatic carbocycles. The van der Waals surface area contributed by atoms with Crippen molar-refractivity contribution in [2.45, 2.75) is 108 Å². The van der Waals surface area contributed by atoms with Crippen LogP contribution in [0.4, 0.5) is 0 Å². The number of fused-ring (bicyclic) bond motifs is 4. The van der Waals surface area contributed by atoms with Crippen LogP contribution >= 0.6 is 0 Å². The van der Waals surface area contributed by atoms with E-state index in [1.54, 1.807) is 0 Å². The highest BCUT2D eigenvalue weighted by atomic mass is 16.6. The molecule has 0 amide bonds. The van der Waals surface area contributed by atoms with Crippen LogP contribution in [0.15, 0.2) is 0 Å². The van der Waals surface area contributed by atoms with Gasteiger partial charge in [0.2, 0.25) is 0 Å². The van der Waals surface area contributed by atoms with Crippen molar-refractivity contribution < 1.29 is 23.7 Å². The molecule has 5 fully saturated rings. The second kappa shape index (κ2) is 12.0. The molecule has 0 bridgehead atoms. The third-order valence-electron chi connectivity index (χ3n) is 9.17. The van der Waals surface area contributed by atoms with E-state index in [1.807, 2.05) is 0 Å². The van der Waals surface area contributed by atoms with E-state index in [9.17, 15) is 0 Å². The van der Waals surface area contributed by atoms with Crippen molar-refractivity contribution in [3.8, 4) is 0 Å². The van der Waals surface area contributed by atoms with Gasteiger partial charge in [0, 0.05) is 13.2 Å². The maximum atomic E-state index is 6.44. The summed E-state index contributed by atoms with van der Waals surface area (Å²) < 4.78 is 31.4. The molecular weight excluding hydrogens is 404 g/mol. The van der Waals surface area contributed by atoms with Gasteiger partial charge in [0.1, 0.15) is 0 Å². The summed E-state index contributed by atoms with van der Waals surface area (Å²) in [7, 11) is 0. The van der Waals surface area contributed by atoms with Gasteiger partial charge in [0.25, 0.3) is 0 Å². The van der Waals surface area contributed by atoms with Gasteiger partial charge in [-0.15, -0.1) is 0 Å². The molecule has 184 valence electrons. The van der Waals surface area contributed by atoms with Crippen molar-refractivity contribution in [1.29, 1.82) is 0 Å². The molecule has 0 N–H and O–H groups in total. The fraction of sp³-hybridized carbons (Fsp3) is 1.00. The molecule has 1 saturated heterocycles. The van der Waals surface area contributed by atoms with Crippen molar-refractivity contribution in [3.05, 3.63) is 0 Å². The Morgan fingerprint density at radius 3 is 1.06 bits per heavy atom. The summed E-state index contributed by atoms with van der Waals surface area (Å²) >= 11 is 0. The highest BCUT2D eigenvalue weighted by molar-refractivity contribution is 4.91. The molecule has 5 nitrogen and oxygen atoms in total. The lowest BCUT2D eigenvalue weighted by Gasteiger charge is -2.44.